The molecule has 2 aliphatic rings. The van der Waals surface area contributed by atoms with Crippen molar-refractivity contribution in [2.75, 3.05) is 13.1 Å². The number of imide groups is 1. The lowest BCUT2D eigenvalue weighted by Gasteiger charge is -2.19. The highest BCUT2D eigenvalue weighted by Gasteiger charge is 2.39. The Kier molecular flexibility index (Phi) is 3.87. The van der Waals surface area contributed by atoms with Gasteiger partial charge in [-0.05, 0) is 25.5 Å². The average molecular weight is 320 g/mol. The number of benzene rings is 1. The maximum Gasteiger partial charge on any atom is 0.264 e. The quantitative estimate of drug-likeness (QED) is 0.375. The number of rotatable bonds is 4. The maximum absolute atomic E-state index is 12.2. The Bertz CT molecular complexity index is 642. The number of carbonyl (C=O) groups excluding carboxylic acids is 2. The summed E-state index contributed by atoms with van der Waals surface area (Å²) in [5, 5.41) is 25.8. The van der Waals surface area contributed by atoms with Gasteiger partial charge in [0.1, 0.15) is 6.54 Å². The van der Waals surface area contributed by atoms with E-state index in [1.165, 1.54) is 11.9 Å². The summed E-state index contributed by atoms with van der Waals surface area (Å²) in [5.41, 5.74) is 0.601. The number of hydrogen-bond donors (Lipinski definition) is 1. The maximum atomic E-state index is 12.2. The Labute approximate surface area is 131 Å². The lowest BCUT2D eigenvalue weighted by atomic mass is 10.1. The number of hydrazine groups is 1. The molecule has 0 radical (unpaired) electrons. The Morgan fingerprint density at radius 3 is 2.48 bits per heavy atom. The van der Waals surface area contributed by atoms with Crippen LogP contribution in [0.5, 0.6) is 0 Å². The fourth-order valence-corrected chi connectivity index (χ4v) is 2.62. The van der Waals surface area contributed by atoms with Crippen molar-refractivity contribution in [3.63, 3.8) is 0 Å². The molecule has 1 aromatic carbocycles. The van der Waals surface area contributed by atoms with Gasteiger partial charge in [-0.2, -0.15) is 0 Å². The molecular formula is C14H16N4O5. The van der Waals surface area contributed by atoms with E-state index >= 15 is 0 Å². The summed E-state index contributed by atoms with van der Waals surface area (Å²) in [5.74, 6) is -0.968. The Morgan fingerprint density at radius 2 is 1.96 bits per heavy atom. The number of hydrogen-bond acceptors (Lipinski definition) is 6. The molecule has 2 heterocycles. The van der Waals surface area contributed by atoms with Gasteiger partial charge in [-0.1, -0.05) is 12.1 Å². The SMILES string of the molecule is CC(O/N=[N+](/[O-])N1CCC(O)C1)N1C(=O)c2ccccc2C1=O. The molecule has 0 aromatic heterocycles. The van der Waals surface area contributed by atoms with Gasteiger partial charge in [0.25, 0.3) is 11.8 Å². The predicted molar refractivity (Wildman–Crippen MR) is 75.7 cm³/mol. The van der Waals surface area contributed by atoms with E-state index in [9.17, 15) is 19.9 Å². The largest absolute Gasteiger partial charge is 0.569 e. The summed E-state index contributed by atoms with van der Waals surface area (Å²) in [6, 6.07) is 6.46. The van der Waals surface area contributed by atoms with Gasteiger partial charge in [-0.15, -0.1) is 5.01 Å². The first-order chi connectivity index (χ1) is 11.0. The van der Waals surface area contributed by atoms with Crippen LogP contribution >= 0.6 is 0 Å². The molecule has 0 spiro atoms. The van der Waals surface area contributed by atoms with E-state index in [0.29, 0.717) is 24.1 Å². The molecule has 0 saturated carbocycles. The smallest absolute Gasteiger partial charge is 0.264 e. The van der Waals surface area contributed by atoms with E-state index < -0.39 is 24.1 Å². The minimum atomic E-state index is -1.02. The highest BCUT2D eigenvalue weighted by molar-refractivity contribution is 6.21. The van der Waals surface area contributed by atoms with Gasteiger partial charge < -0.3 is 15.2 Å². The van der Waals surface area contributed by atoms with Crippen LogP contribution in [0.2, 0.25) is 0 Å². The first-order valence-corrected chi connectivity index (χ1v) is 7.23. The monoisotopic (exact) mass is 320 g/mol. The third-order valence-corrected chi connectivity index (χ3v) is 3.84. The molecule has 1 aromatic rings. The average Bonchev–Trinajstić information content (AvgIpc) is 3.08. The zero-order chi connectivity index (χ0) is 16.6. The van der Waals surface area contributed by atoms with Crippen LogP contribution in [0.4, 0.5) is 0 Å². The fraction of sp³-hybridized carbons (Fsp3) is 0.429. The van der Waals surface area contributed by atoms with Gasteiger partial charge in [0.2, 0.25) is 11.5 Å². The summed E-state index contributed by atoms with van der Waals surface area (Å²) in [7, 11) is 0. The van der Waals surface area contributed by atoms with Gasteiger partial charge in [-0.3, -0.25) is 9.59 Å². The van der Waals surface area contributed by atoms with Crippen LogP contribution in [-0.2, 0) is 4.84 Å². The zero-order valence-corrected chi connectivity index (χ0v) is 12.5. The molecular weight excluding hydrogens is 304 g/mol. The second kappa shape index (κ2) is 5.84. The molecule has 2 atom stereocenters. The Hall–Kier alpha value is -2.68. The van der Waals surface area contributed by atoms with Crippen molar-refractivity contribution in [1.29, 1.82) is 0 Å². The number of aliphatic hydroxyl groups is 1. The third kappa shape index (κ3) is 2.70. The predicted octanol–water partition coefficient (Wildman–Crippen LogP) is 0.504. The molecule has 1 fully saturated rings. The summed E-state index contributed by atoms with van der Waals surface area (Å²) in [6.45, 7) is 1.98. The van der Waals surface area contributed by atoms with Crippen molar-refractivity contribution < 1.29 is 24.5 Å². The lowest BCUT2D eigenvalue weighted by molar-refractivity contribution is -0.709. The summed E-state index contributed by atoms with van der Waals surface area (Å²) < 4.78 is 0. The summed E-state index contributed by atoms with van der Waals surface area (Å²) >= 11 is 0. The van der Waals surface area contributed by atoms with E-state index in [4.69, 9.17) is 4.84 Å². The molecule has 1 saturated heterocycles. The molecule has 23 heavy (non-hydrogen) atoms. The lowest BCUT2D eigenvalue weighted by Crippen LogP contribution is -2.39. The highest BCUT2D eigenvalue weighted by Crippen LogP contribution is 2.24. The van der Waals surface area contributed by atoms with E-state index in [1.54, 1.807) is 24.3 Å². The first kappa shape index (κ1) is 15.2. The number of fused-ring (bicyclic) bond motifs is 1. The molecule has 2 amide bonds. The van der Waals surface area contributed by atoms with Crippen molar-refractivity contribution in [1.82, 2.24) is 9.91 Å². The minimum absolute atomic E-state index is 0.164. The van der Waals surface area contributed by atoms with Gasteiger partial charge in [0.15, 0.2) is 0 Å². The molecule has 2 aliphatic heterocycles. The van der Waals surface area contributed by atoms with Crippen molar-refractivity contribution in [2.45, 2.75) is 25.7 Å². The summed E-state index contributed by atoms with van der Waals surface area (Å²) in [6.07, 6.45) is -1.12. The van der Waals surface area contributed by atoms with Crippen molar-refractivity contribution in [3.8, 4) is 0 Å². The van der Waals surface area contributed by atoms with E-state index in [2.05, 4.69) is 5.28 Å². The minimum Gasteiger partial charge on any atom is -0.569 e. The molecule has 2 unspecified atom stereocenters. The Balaban J connectivity index is 1.69. The van der Waals surface area contributed by atoms with Crippen LogP contribution in [0, 0.1) is 5.21 Å². The Morgan fingerprint density at radius 1 is 1.35 bits per heavy atom. The van der Waals surface area contributed by atoms with Crippen LogP contribution in [-0.4, -0.2) is 57.2 Å². The van der Waals surface area contributed by atoms with E-state index in [1.807, 2.05) is 0 Å². The van der Waals surface area contributed by atoms with E-state index in [0.717, 1.165) is 4.90 Å². The second-order valence-corrected chi connectivity index (χ2v) is 5.42. The van der Waals surface area contributed by atoms with Gasteiger partial charge in [-0.25, -0.2) is 4.90 Å². The molecule has 9 heteroatoms. The normalized spacial score (nSPS) is 22.5. The number of amides is 2. The van der Waals surface area contributed by atoms with Gasteiger partial charge in [0.05, 0.1) is 28.7 Å². The fourth-order valence-electron chi connectivity index (χ4n) is 2.62. The second-order valence-electron chi connectivity index (χ2n) is 5.42. The highest BCUT2D eigenvalue weighted by atomic mass is 16.7. The third-order valence-electron chi connectivity index (χ3n) is 3.84. The molecule has 0 aliphatic carbocycles. The van der Waals surface area contributed by atoms with Gasteiger partial charge >= 0.3 is 0 Å². The van der Waals surface area contributed by atoms with Crippen LogP contribution in [0.1, 0.15) is 34.1 Å². The van der Waals surface area contributed by atoms with E-state index in [-0.39, 0.29) is 11.5 Å². The molecule has 1 N–H and O–H groups in total. The van der Waals surface area contributed by atoms with Crippen LogP contribution in [0.3, 0.4) is 0 Å². The van der Waals surface area contributed by atoms with Gasteiger partial charge in [0, 0.05) is 0 Å². The molecule has 122 valence electrons. The van der Waals surface area contributed by atoms with Crippen molar-refractivity contribution in [3.05, 3.63) is 40.6 Å². The number of aliphatic hydroxyl groups excluding tert-OH is 1. The van der Waals surface area contributed by atoms with Crippen molar-refractivity contribution >= 4 is 11.8 Å². The molecule has 0 bridgehead atoms. The van der Waals surface area contributed by atoms with Crippen molar-refractivity contribution in [2.24, 2.45) is 5.28 Å². The van der Waals surface area contributed by atoms with Crippen LogP contribution in [0.15, 0.2) is 29.5 Å². The summed E-state index contributed by atoms with van der Waals surface area (Å²) in [4.78, 5) is 30.6. The topological polar surface area (TPSA) is 109 Å². The van der Waals surface area contributed by atoms with Crippen LogP contribution in [0.25, 0.3) is 0 Å². The molecule has 9 nitrogen and oxygen atoms in total. The first-order valence-electron chi connectivity index (χ1n) is 7.23. The van der Waals surface area contributed by atoms with Crippen LogP contribution < -0.4 is 0 Å². The zero-order valence-electron chi connectivity index (χ0n) is 12.5. The standard InChI is InChI=1S/C14H16N4O5/c1-9(23-15-18(22)16-7-6-10(19)8-16)17-13(20)11-4-2-3-5-12(11)14(17)21/h2-5,9-10,19H,6-8H2,1H3/b18-15+. The number of β-amino-alcohol motifs (C(OH)–C–C–N with tert-alkyl or cyclic N) is 1. The molecule has 3 rings (SSSR count). The number of carbonyl (C=O) groups is 2. The number of nitrogens with zero attached hydrogens (tertiary/aromatic N) is 4.